The van der Waals surface area contributed by atoms with Crippen molar-refractivity contribution in [2.45, 2.75) is 0 Å². The molecule has 0 atom stereocenters. The zero-order chi connectivity index (χ0) is 16.5. The molecule has 4 rings (SSSR count). The number of carbonyl (C=O) groups is 1. The van der Waals surface area contributed by atoms with E-state index in [1.165, 1.54) is 0 Å². The van der Waals surface area contributed by atoms with E-state index in [0.29, 0.717) is 37.1 Å². The Morgan fingerprint density at radius 2 is 2.29 bits per heavy atom. The van der Waals surface area contributed by atoms with Gasteiger partial charge in [-0.1, -0.05) is 0 Å². The first-order chi connectivity index (χ1) is 11.8. The van der Waals surface area contributed by atoms with E-state index >= 15 is 0 Å². The number of nitrogens with zero attached hydrogens (tertiary/aromatic N) is 5. The van der Waals surface area contributed by atoms with E-state index in [9.17, 15) is 4.79 Å². The van der Waals surface area contributed by atoms with Crippen LogP contribution in [-0.2, 0) is 9.53 Å². The lowest BCUT2D eigenvalue weighted by Crippen LogP contribution is -2.42. The summed E-state index contributed by atoms with van der Waals surface area (Å²) in [7, 11) is 1.60. The first kappa shape index (κ1) is 14.6. The van der Waals surface area contributed by atoms with Gasteiger partial charge in [0.05, 0.1) is 38.1 Å². The summed E-state index contributed by atoms with van der Waals surface area (Å²) in [6.45, 7) is 1.78. The Labute approximate surface area is 138 Å². The van der Waals surface area contributed by atoms with E-state index < -0.39 is 0 Å². The molecule has 2 N–H and O–H groups in total. The van der Waals surface area contributed by atoms with Gasteiger partial charge in [0, 0.05) is 19.5 Å². The van der Waals surface area contributed by atoms with Crippen LogP contribution in [0.15, 0.2) is 23.5 Å². The maximum Gasteiger partial charge on any atom is 0.247 e. The van der Waals surface area contributed by atoms with Crippen LogP contribution in [0.3, 0.4) is 0 Å². The Kier molecular flexibility index (Phi) is 3.62. The summed E-state index contributed by atoms with van der Waals surface area (Å²) in [5.74, 6) is 2.43. The van der Waals surface area contributed by atoms with E-state index in [2.05, 4.69) is 25.6 Å². The Hall–Kier alpha value is -2.94. The van der Waals surface area contributed by atoms with Crippen molar-refractivity contribution in [3.05, 3.63) is 18.5 Å². The Morgan fingerprint density at radius 3 is 3.17 bits per heavy atom. The van der Waals surface area contributed by atoms with Gasteiger partial charge in [-0.2, -0.15) is 0 Å². The number of hydrogen-bond acceptors (Lipinski definition) is 7. The molecule has 0 saturated heterocycles. The lowest BCUT2D eigenvalue weighted by molar-refractivity contribution is -0.117. The van der Waals surface area contributed by atoms with Gasteiger partial charge in [0.1, 0.15) is 0 Å². The summed E-state index contributed by atoms with van der Waals surface area (Å²) in [4.78, 5) is 27.3. The molecule has 0 saturated carbocycles. The Balaban J connectivity index is 1.75. The van der Waals surface area contributed by atoms with Gasteiger partial charge in [0.2, 0.25) is 5.91 Å². The van der Waals surface area contributed by atoms with Crippen LogP contribution < -0.4 is 15.5 Å². The molecule has 2 aromatic heterocycles. The van der Waals surface area contributed by atoms with E-state index in [0.717, 1.165) is 11.5 Å². The van der Waals surface area contributed by atoms with Gasteiger partial charge in [0.25, 0.3) is 0 Å². The minimum absolute atomic E-state index is 0.0553. The number of anilines is 3. The van der Waals surface area contributed by atoms with Crippen molar-refractivity contribution in [1.82, 2.24) is 14.5 Å². The number of amides is 1. The molecule has 1 amide bonds. The molecule has 2 aromatic rings. The van der Waals surface area contributed by atoms with Gasteiger partial charge >= 0.3 is 0 Å². The molecule has 9 nitrogen and oxygen atoms in total. The fourth-order valence-electron chi connectivity index (χ4n) is 2.75. The van der Waals surface area contributed by atoms with Crippen LogP contribution in [-0.4, -0.2) is 60.0 Å². The number of fused-ring (bicyclic) bond motifs is 2. The molecule has 0 unspecified atom stereocenters. The zero-order valence-corrected chi connectivity index (χ0v) is 13.2. The average molecular weight is 327 g/mol. The average Bonchev–Trinajstić information content (AvgIpc) is 3.04. The third kappa shape index (κ3) is 2.38. The summed E-state index contributed by atoms with van der Waals surface area (Å²) in [5, 5.41) is 6.24. The summed E-state index contributed by atoms with van der Waals surface area (Å²) in [6, 6.07) is 1.94. The highest BCUT2D eigenvalue weighted by Crippen LogP contribution is 2.32. The van der Waals surface area contributed by atoms with E-state index in [4.69, 9.17) is 4.74 Å². The quantitative estimate of drug-likeness (QED) is 0.862. The third-order valence-corrected chi connectivity index (χ3v) is 3.93. The molecule has 0 aromatic carbocycles. The maximum absolute atomic E-state index is 12.2. The number of hydrogen-bond donors (Lipinski definition) is 2. The van der Waals surface area contributed by atoms with Crippen molar-refractivity contribution in [1.29, 1.82) is 0 Å². The second-order valence-electron chi connectivity index (χ2n) is 5.41. The molecule has 0 aliphatic carbocycles. The second kappa shape index (κ2) is 5.93. The highest BCUT2D eigenvalue weighted by atomic mass is 16.5. The van der Waals surface area contributed by atoms with Crippen LogP contribution in [0.4, 0.5) is 23.1 Å². The molecule has 0 bridgehead atoms. The Bertz CT molecular complexity index is 814. The lowest BCUT2D eigenvalue weighted by Gasteiger charge is -2.28. The first-order valence-corrected chi connectivity index (χ1v) is 7.66. The number of methoxy groups -OCH3 is 1. The fourth-order valence-corrected chi connectivity index (χ4v) is 2.75. The summed E-state index contributed by atoms with van der Waals surface area (Å²) >= 11 is 0. The summed E-state index contributed by atoms with van der Waals surface area (Å²) in [5.41, 5.74) is 0.947. The Morgan fingerprint density at radius 1 is 1.38 bits per heavy atom. The van der Waals surface area contributed by atoms with Crippen LogP contribution in [0, 0.1) is 0 Å². The standard InChI is InChI=1S/C15H17N7O2/c1-24-7-6-22-12(23)9-19-13-15(22)20-11(8-18-13)21-5-2-10-14(21)17-4-3-16-10/h2,4-5,8,16H,3,6-7,9H2,1H3,(H,18,19). The van der Waals surface area contributed by atoms with Gasteiger partial charge in [-0.05, 0) is 6.07 Å². The smallest absolute Gasteiger partial charge is 0.247 e. The van der Waals surface area contributed by atoms with E-state index in [1.54, 1.807) is 24.4 Å². The number of aliphatic imine (C=N–C) groups is 1. The first-order valence-electron chi connectivity index (χ1n) is 7.66. The molecular weight excluding hydrogens is 310 g/mol. The number of aromatic nitrogens is 3. The molecule has 9 heteroatoms. The van der Waals surface area contributed by atoms with Crippen LogP contribution in [0.25, 0.3) is 5.82 Å². The van der Waals surface area contributed by atoms with Crippen molar-refractivity contribution < 1.29 is 9.53 Å². The van der Waals surface area contributed by atoms with E-state index in [-0.39, 0.29) is 12.5 Å². The highest BCUT2D eigenvalue weighted by Gasteiger charge is 2.27. The molecule has 24 heavy (non-hydrogen) atoms. The van der Waals surface area contributed by atoms with Crippen molar-refractivity contribution in [3.8, 4) is 5.82 Å². The molecule has 124 valence electrons. The third-order valence-electron chi connectivity index (χ3n) is 3.93. The maximum atomic E-state index is 12.2. The summed E-state index contributed by atoms with van der Waals surface area (Å²) in [6.07, 6.45) is 5.36. The molecule has 4 heterocycles. The number of ether oxygens (including phenoxy) is 1. The minimum atomic E-state index is -0.0553. The van der Waals surface area contributed by atoms with Gasteiger partial charge < -0.3 is 15.4 Å². The van der Waals surface area contributed by atoms with Crippen molar-refractivity contribution in [2.24, 2.45) is 4.99 Å². The lowest BCUT2D eigenvalue weighted by atomic mass is 10.3. The van der Waals surface area contributed by atoms with Gasteiger partial charge in [-0.25, -0.2) is 15.0 Å². The molecule has 0 spiro atoms. The van der Waals surface area contributed by atoms with Crippen LogP contribution in [0.2, 0.25) is 0 Å². The predicted octanol–water partition coefficient (Wildman–Crippen LogP) is 0.800. The van der Waals surface area contributed by atoms with Crippen LogP contribution in [0.1, 0.15) is 0 Å². The van der Waals surface area contributed by atoms with Crippen molar-refractivity contribution in [2.75, 3.05) is 48.9 Å². The molecule has 0 fully saturated rings. The van der Waals surface area contributed by atoms with Crippen LogP contribution in [0.5, 0.6) is 0 Å². The highest BCUT2D eigenvalue weighted by molar-refractivity contribution is 6.00. The predicted molar refractivity (Wildman–Crippen MR) is 90.7 cm³/mol. The van der Waals surface area contributed by atoms with Crippen molar-refractivity contribution >= 4 is 35.3 Å². The monoisotopic (exact) mass is 327 g/mol. The molecule has 0 radical (unpaired) electrons. The van der Waals surface area contributed by atoms with Gasteiger partial charge in [0.15, 0.2) is 23.3 Å². The normalized spacial score (nSPS) is 15.5. The van der Waals surface area contributed by atoms with Gasteiger partial charge in [-0.15, -0.1) is 0 Å². The zero-order valence-electron chi connectivity index (χ0n) is 13.2. The second-order valence-corrected chi connectivity index (χ2v) is 5.41. The van der Waals surface area contributed by atoms with Crippen LogP contribution >= 0.6 is 0 Å². The number of rotatable bonds is 4. The number of nitrogens with one attached hydrogen (secondary N) is 2. The SMILES string of the molecule is COCCN1C(=O)CNc2ncc(-n3ccc4c3N=CCN4)nc21. The molecule has 2 aliphatic rings. The topological polar surface area (TPSA) is 96.7 Å². The van der Waals surface area contributed by atoms with Crippen molar-refractivity contribution in [3.63, 3.8) is 0 Å². The molecular formula is C15H17N7O2. The largest absolute Gasteiger partial charge is 0.383 e. The fraction of sp³-hybridized carbons (Fsp3) is 0.333. The minimum Gasteiger partial charge on any atom is -0.383 e. The molecule has 2 aliphatic heterocycles. The van der Waals surface area contributed by atoms with E-state index in [1.807, 2.05) is 16.8 Å². The number of carbonyl (C=O) groups excluding carboxylic acids is 1. The summed E-state index contributed by atoms with van der Waals surface area (Å²) < 4.78 is 6.94. The van der Waals surface area contributed by atoms with Gasteiger partial charge in [-0.3, -0.25) is 14.3 Å².